The highest BCUT2D eigenvalue weighted by molar-refractivity contribution is 7.87. The third-order valence-corrected chi connectivity index (χ3v) is 3.08. The molecule has 1 atom stereocenters. The Kier molecular flexibility index (Phi) is 2.79. The summed E-state index contributed by atoms with van der Waals surface area (Å²) in [6, 6.07) is 4.73. The van der Waals surface area contributed by atoms with Crippen LogP contribution < -0.4 is 10.0 Å². The van der Waals surface area contributed by atoms with Gasteiger partial charge in [0.05, 0.1) is 0 Å². The Labute approximate surface area is 92.6 Å². The molecule has 0 saturated carbocycles. The van der Waals surface area contributed by atoms with Crippen molar-refractivity contribution < 1.29 is 17.4 Å². The SMILES string of the molecule is O=S(Nc1ccc2c(c1)CCN2)C(F)(F)F. The molecule has 2 rings (SSSR count). The highest BCUT2D eigenvalue weighted by Crippen LogP contribution is 2.27. The molecule has 7 heteroatoms. The molecule has 0 amide bonds. The van der Waals surface area contributed by atoms with E-state index in [1.54, 1.807) is 12.1 Å². The second kappa shape index (κ2) is 3.97. The van der Waals surface area contributed by atoms with E-state index in [4.69, 9.17) is 0 Å². The van der Waals surface area contributed by atoms with Crippen LogP contribution in [0, 0.1) is 0 Å². The number of halogens is 3. The molecule has 0 radical (unpaired) electrons. The summed E-state index contributed by atoms with van der Waals surface area (Å²) in [4.78, 5) is 0. The maximum absolute atomic E-state index is 12.0. The first-order chi connectivity index (χ1) is 7.47. The molecule has 0 bridgehead atoms. The summed E-state index contributed by atoms with van der Waals surface area (Å²) in [6.07, 6.45) is 0.767. The van der Waals surface area contributed by atoms with Crippen molar-refractivity contribution in [2.75, 3.05) is 16.6 Å². The van der Waals surface area contributed by atoms with E-state index < -0.39 is 16.5 Å². The summed E-state index contributed by atoms with van der Waals surface area (Å²) < 4.78 is 48.8. The summed E-state index contributed by atoms with van der Waals surface area (Å²) in [5, 5.41) is 3.09. The van der Waals surface area contributed by atoms with Gasteiger partial charge in [-0.2, -0.15) is 13.2 Å². The van der Waals surface area contributed by atoms with Crippen LogP contribution in [0.2, 0.25) is 0 Å². The van der Waals surface area contributed by atoms with E-state index in [1.807, 2.05) is 4.72 Å². The number of fused-ring (bicyclic) bond motifs is 1. The fourth-order valence-electron chi connectivity index (χ4n) is 1.53. The summed E-state index contributed by atoms with van der Waals surface area (Å²) in [6.45, 7) is 0.779. The highest BCUT2D eigenvalue weighted by atomic mass is 32.2. The zero-order chi connectivity index (χ0) is 11.8. The lowest BCUT2D eigenvalue weighted by atomic mass is 10.1. The van der Waals surface area contributed by atoms with Crippen LogP contribution in [-0.4, -0.2) is 16.3 Å². The van der Waals surface area contributed by atoms with Gasteiger partial charge in [-0.15, -0.1) is 0 Å². The molecule has 0 fully saturated rings. The Balaban J connectivity index is 2.14. The molecule has 1 aliphatic rings. The number of benzene rings is 1. The molecule has 0 saturated heterocycles. The average molecular weight is 250 g/mol. The van der Waals surface area contributed by atoms with Gasteiger partial charge in [-0.3, -0.25) is 4.72 Å². The molecular weight excluding hydrogens is 241 g/mol. The maximum Gasteiger partial charge on any atom is 0.490 e. The molecule has 3 nitrogen and oxygen atoms in total. The Morgan fingerprint density at radius 3 is 2.81 bits per heavy atom. The van der Waals surface area contributed by atoms with Gasteiger partial charge in [0, 0.05) is 17.9 Å². The van der Waals surface area contributed by atoms with Crippen LogP contribution >= 0.6 is 0 Å². The van der Waals surface area contributed by atoms with E-state index in [0.29, 0.717) is 0 Å². The summed E-state index contributed by atoms with van der Waals surface area (Å²) >= 11 is 0. The molecule has 0 aromatic heterocycles. The first kappa shape index (κ1) is 11.3. The number of hydrogen-bond donors (Lipinski definition) is 2. The molecule has 16 heavy (non-hydrogen) atoms. The quantitative estimate of drug-likeness (QED) is 0.845. The topological polar surface area (TPSA) is 41.1 Å². The van der Waals surface area contributed by atoms with E-state index >= 15 is 0 Å². The van der Waals surface area contributed by atoms with Crippen molar-refractivity contribution in [2.24, 2.45) is 0 Å². The molecule has 1 heterocycles. The second-order valence-corrected chi connectivity index (χ2v) is 4.57. The normalized spacial score (nSPS) is 16.4. The lowest BCUT2D eigenvalue weighted by Gasteiger charge is -2.09. The molecule has 1 aliphatic heterocycles. The van der Waals surface area contributed by atoms with Crippen LogP contribution in [0.1, 0.15) is 5.56 Å². The molecular formula is C9H9F3N2OS. The second-order valence-electron chi connectivity index (χ2n) is 3.37. The Morgan fingerprint density at radius 1 is 1.38 bits per heavy atom. The number of nitrogens with one attached hydrogen (secondary N) is 2. The fourth-order valence-corrected chi connectivity index (χ4v) is 1.99. The number of hydrogen-bond acceptors (Lipinski definition) is 2. The first-order valence-corrected chi connectivity index (χ1v) is 5.74. The van der Waals surface area contributed by atoms with Gasteiger partial charge >= 0.3 is 5.51 Å². The van der Waals surface area contributed by atoms with E-state index in [9.17, 15) is 17.4 Å². The maximum atomic E-state index is 12.0. The monoisotopic (exact) mass is 250 g/mol. The van der Waals surface area contributed by atoms with Gasteiger partial charge in [-0.05, 0) is 30.2 Å². The minimum Gasteiger partial charge on any atom is -0.384 e. The van der Waals surface area contributed by atoms with Crippen LogP contribution in [0.5, 0.6) is 0 Å². The van der Waals surface area contributed by atoms with Gasteiger partial charge in [0.1, 0.15) is 0 Å². The van der Waals surface area contributed by atoms with Crippen molar-refractivity contribution >= 4 is 22.4 Å². The predicted octanol–water partition coefficient (Wildman–Crippen LogP) is 2.25. The van der Waals surface area contributed by atoms with Gasteiger partial charge in [0.2, 0.25) is 11.0 Å². The van der Waals surface area contributed by atoms with E-state index in [1.165, 1.54) is 6.07 Å². The molecule has 1 unspecified atom stereocenters. The summed E-state index contributed by atoms with van der Waals surface area (Å²) in [5.41, 5.74) is -2.66. The molecule has 0 spiro atoms. The lowest BCUT2D eigenvalue weighted by molar-refractivity contribution is -0.0379. The van der Waals surface area contributed by atoms with E-state index in [-0.39, 0.29) is 5.69 Å². The Hall–Kier alpha value is -1.24. The van der Waals surface area contributed by atoms with Crippen molar-refractivity contribution in [2.45, 2.75) is 11.9 Å². The minimum atomic E-state index is -4.74. The Bertz CT molecular complexity index is 433. The first-order valence-electron chi connectivity index (χ1n) is 4.59. The van der Waals surface area contributed by atoms with Gasteiger partial charge in [-0.1, -0.05) is 0 Å². The third-order valence-electron chi connectivity index (χ3n) is 2.24. The smallest absolute Gasteiger partial charge is 0.384 e. The standard InChI is InChI=1S/C9H9F3N2OS/c10-9(11,12)16(15)14-7-1-2-8-6(5-7)3-4-13-8/h1-2,5,13-14H,3-4H2. The zero-order valence-electron chi connectivity index (χ0n) is 8.10. The average Bonchev–Trinajstić information content (AvgIpc) is 2.63. The van der Waals surface area contributed by atoms with Crippen molar-refractivity contribution in [1.29, 1.82) is 0 Å². The van der Waals surface area contributed by atoms with Crippen LogP contribution in [0.4, 0.5) is 24.5 Å². The highest BCUT2D eigenvalue weighted by Gasteiger charge is 2.37. The molecule has 2 N–H and O–H groups in total. The van der Waals surface area contributed by atoms with Crippen molar-refractivity contribution in [3.05, 3.63) is 23.8 Å². The van der Waals surface area contributed by atoms with Gasteiger partial charge in [-0.25, -0.2) is 4.21 Å². The minimum absolute atomic E-state index is 0.220. The largest absolute Gasteiger partial charge is 0.490 e. The summed E-state index contributed by atoms with van der Waals surface area (Å²) in [5.74, 6) is 0. The van der Waals surface area contributed by atoms with Crippen molar-refractivity contribution in [3.63, 3.8) is 0 Å². The fraction of sp³-hybridized carbons (Fsp3) is 0.333. The summed E-state index contributed by atoms with van der Waals surface area (Å²) in [7, 11) is -3.06. The van der Waals surface area contributed by atoms with Crippen LogP contribution in [0.25, 0.3) is 0 Å². The zero-order valence-corrected chi connectivity index (χ0v) is 8.91. The third kappa shape index (κ3) is 2.29. The molecule has 1 aromatic rings. The number of rotatable bonds is 2. The number of anilines is 2. The molecule has 88 valence electrons. The van der Waals surface area contributed by atoms with Gasteiger partial charge in [0.15, 0.2) is 0 Å². The molecule has 1 aromatic carbocycles. The Morgan fingerprint density at radius 2 is 2.12 bits per heavy atom. The number of alkyl halides is 3. The van der Waals surface area contributed by atoms with E-state index in [0.717, 1.165) is 24.2 Å². The van der Waals surface area contributed by atoms with Crippen molar-refractivity contribution in [3.8, 4) is 0 Å². The van der Waals surface area contributed by atoms with Crippen molar-refractivity contribution in [1.82, 2.24) is 0 Å². The van der Waals surface area contributed by atoms with Crippen LogP contribution in [-0.2, 0) is 17.4 Å². The van der Waals surface area contributed by atoms with E-state index in [2.05, 4.69) is 5.32 Å². The molecule has 0 aliphatic carbocycles. The van der Waals surface area contributed by atoms with Crippen LogP contribution in [0.3, 0.4) is 0 Å². The van der Waals surface area contributed by atoms with Crippen LogP contribution in [0.15, 0.2) is 18.2 Å². The predicted molar refractivity (Wildman–Crippen MR) is 56.5 cm³/mol. The van der Waals surface area contributed by atoms with Gasteiger partial charge < -0.3 is 5.32 Å². The van der Waals surface area contributed by atoms with Gasteiger partial charge in [0.25, 0.3) is 0 Å². The lowest BCUT2D eigenvalue weighted by Crippen LogP contribution is -2.22.